The van der Waals surface area contributed by atoms with Gasteiger partial charge in [0.05, 0.1) is 7.11 Å². The van der Waals surface area contributed by atoms with E-state index < -0.39 is 0 Å². The first-order valence-electron chi connectivity index (χ1n) is 6.59. The van der Waals surface area contributed by atoms with Gasteiger partial charge in [0.2, 0.25) is 5.91 Å². The van der Waals surface area contributed by atoms with Crippen LogP contribution in [0.5, 0.6) is 6.01 Å². The molecule has 7 heteroatoms. The summed E-state index contributed by atoms with van der Waals surface area (Å²) in [6, 6.07) is 1.64. The molecule has 110 valence electrons. The van der Waals surface area contributed by atoms with E-state index in [0.29, 0.717) is 18.9 Å². The molecule has 1 aromatic heterocycles. The Morgan fingerprint density at radius 3 is 2.90 bits per heavy atom. The van der Waals surface area contributed by atoms with E-state index in [1.54, 1.807) is 6.92 Å². The largest absolute Gasteiger partial charge is 0.468 e. The van der Waals surface area contributed by atoms with Crippen LogP contribution in [-0.4, -0.2) is 41.8 Å². The lowest BCUT2D eigenvalue weighted by molar-refractivity contribution is -0.123. The van der Waals surface area contributed by atoms with Gasteiger partial charge in [-0.1, -0.05) is 0 Å². The van der Waals surface area contributed by atoms with Crippen molar-refractivity contribution in [2.75, 3.05) is 20.3 Å². The van der Waals surface area contributed by atoms with E-state index in [0.717, 1.165) is 12.8 Å². The van der Waals surface area contributed by atoms with Crippen molar-refractivity contribution in [2.45, 2.75) is 32.4 Å². The number of amides is 1. The topological polar surface area (TPSA) is 82.5 Å². The molecular formula is C13H19N3O4. The smallest absolute Gasteiger partial charge is 0.299 e. The van der Waals surface area contributed by atoms with E-state index in [-0.39, 0.29) is 30.1 Å². The number of hydrogen-bond acceptors (Lipinski definition) is 5. The summed E-state index contributed by atoms with van der Waals surface area (Å²) < 4.78 is 11.5. The van der Waals surface area contributed by atoms with Crippen molar-refractivity contribution in [3.63, 3.8) is 0 Å². The van der Waals surface area contributed by atoms with Crippen molar-refractivity contribution < 1.29 is 14.3 Å². The normalized spacial score (nSPS) is 15.9. The number of nitrogens with zero attached hydrogens (tertiary/aromatic N) is 2. The van der Waals surface area contributed by atoms with Crippen LogP contribution in [0.1, 0.15) is 18.5 Å². The second-order valence-corrected chi connectivity index (χ2v) is 4.76. The Balaban J connectivity index is 2.05. The van der Waals surface area contributed by atoms with Crippen LogP contribution in [0.3, 0.4) is 0 Å². The maximum absolute atomic E-state index is 12.0. The number of nitrogens with one attached hydrogen (secondary N) is 1. The van der Waals surface area contributed by atoms with Gasteiger partial charge in [-0.2, -0.15) is 0 Å². The zero-order chi connectivity index (χ0) is 14.5. The minimum Gasteiger partial charge on any atom is -0.468 e. The van der Waals surface area contributed by atoms with Crippen LogP contribution in [0, 0.1) is 6.92 Å². The summed E-state index contributed by atoms with van der Waals surface area (Å²) >= 11 is 0. The second-order valence-electron chi connectivity index (χ2n) is 4.76. The quantitative estimate of drug-likeness (QED) is 0.830. The number of ether oxygens (including phenoxy) is 2. The molecule has 7 nitrogen and oxygen atoms in total. The zero-order valence-electron chi connectivity index (χ0n) is 11.7. The molecule has 1 aliphatic heterocycles. The summed E-state index contributed by atoms with van der Waals surface area (Å²) in [5.41, 5.74) is 0.268. The van der Waals surface area contributed by atoms with Gasteiger partial charge >= 0.3 is 0 Å². The van der Waals surface area contributed by atoms with Crippen molar-refractivity contribution >= 4 is 5.91 Å². The highest BCUT2D eigenvalue weighted by molar-refractivity contribution is 5.76. The van der Waals surface area contributed by atoms with Gasteiger partial charge in [0.25, 0.3) is 11.6 Å². The lowest BCUT2D eigenvalue weighted by atomic mass is 10.1. The van der Waals surface area contributed by atoms with Crippen molar-refractivity contribution in [1.82, 2.24) is 14.9 Å². The van der Waals surface area contributed by atoms with E-state index in [1.807, 2.05) is 0 Å². The number of rotatable bonds is 4. The maximum atomic E-state index is 12.0. The molecule has 2 heterocycles. The van der Waals surface area contributed by atoms with Crippen LogP contribution in [0.15, 0.2) is 10.9 Å². The third-order valence-electron chi connectivity index (χ3n) is 3.17. The monoisotopic (exact) mass is 281 g/mol. The SMILES string of the molecule is COc1nc(C)cc(=O)n1CC(=O)NC1CCOCC1. The molecule has 1 saturated heterocycles. The van der Waals surface area contributed by atoms with E-state index in [4.69, 9.17) is 9.47 Å². The fourth-order valence-corrected chi connectivity index (χ4v) is 2.15. The van der Waals surface area contributed by atoms with Crippen LogP contribution in [-0.2, 0) is 16.1 Å². The molecule has 1 N–H and O–H groups in total. The highest BCUT2D eigenvalue weighted by Crippen LogP contribution is 2.07. The van der Waals surface area contributed by atoms with Crippen LogP contribution >= 0.6 is 0 Å². The molecule has 0 radical (unpaired) electrons. The lowest BCUT2D eigenvalue weighted by Gasteiger charge is -2.23. The number of methoxy groups -OCH3 is 1. The molecule has 0 aromatic carbocycles. The summed E-state index contributed by atoms with van der Waals surface area (Å²) in [4.78, 5) is 28.0. The van der Waals surface area contributed by atoms with E-state index in [9.17, 15) is 9.59 Å². The van der Waals surface area contributed by atoms with Gasteiger partial charge in [-0.05, 0) is 19.8 Å². The molecule has 1 aromatic rings. The minimum atomic E-state index is -0.295. The molecule has 0 saturated carbocycles. The van der Waals surface area contributed by atoms with Gasteiger partial charge in [0, 0.05) is 31.0 Å². The molecule has 0 atom stereocenters. The minimum absolute atomic E-state index is 0.0906. The number of aryl methyl sites for hydroxylation is 1. The van der Waals surface area contributed by atoms with Crippen LogP contribution in [0.2, 0.25) is 0 Å². The standard InChI is InChI=1S/C13H19N3O4/c1-9-7-12(18)16(13(14-9)19-2)8-11(17)15-10-3-5-20-6-4-10/h7,10H,3-6,8H2,1-2H3,(H,15,17). The highest BCUT2D eigenvalue weighted by Gasteiger charge is 2.18. The average molecular weight is 281 g/mol. The Morgan fingerprint density at radius 2 is 2.25 bits per heavy atom. The Kier molecular flexibility index (Phi) is 4.73. The van der Waals surface area contributed by atoms with Crippen LogP contribution in [0.25, 0.3) is 0 Å². The van der Waals surface area contributed by atoms with E-state index in [1.165, 1.54) is 17.7 Å². The molecule has 0 bridgehead atoms. The summed E-state index contributed by atoms with van der Waals surface area (Å²) in [6.07, 6.45) is 1.59. The Hall–Kier alpha value is -1.89. The van der Waals surface area contributed by atoms with Gasteiger partial charge in [-0.15, -0.1) is 0 Å². The van der Waals surface area contributed by atoms with Gasteiger partial charge in [0.1, 0.15) is 6.54 Å². The van der Waals surface area contributed by atoms with Gasteiger partial charge in [0.15, 0.2) is 0 Å². The van der Waals surface area contributed by atoms with Gasteiger partial charge in [-0.25, -0.2) is 4.98 Å². The first kappa shape index (κ1) is 14.5. The third-order valence-corrected chi connectivity index (χ3v) is 3.17. The Morgan fingerprint density at radius 1 is 1.55 bits per heavy atom. The van der Waals surface area contributed by atoms with Crippen molar-refractivity contribution in [1.29, 1.82) is 0 Å². The number of carbonyl (C=O) groups excluding carboxylic acids is 1. The van der Waals surface area contributed by atoms with E-state index >= 15 is 0 Å². The second kappa shape index (κ2) is 6.51. The fraction of sp³-hybridized carbons (Fsp3) is 0.615. The summed E-state index contributed by atoms with van der Waals surface area (Å²) in [6.45, 7) is 2.92. The third kappa shape index (κ3) is 3.57. The summed E-state index contributed by atoms with van der Waals surface area (Å²) in [5, 5.41) is 2.90. The Labute approximate surface area is 116 Å². The van der Waals surface area contributed by atoms with Crippen molar-refractivity contribution in [3.8, 4) is 6.01 Å². The predicted molar refractivity (Wildman–Crippen MR) is 71.8 cm³/mol. The molecule has 0 spiro atoms. The van der Waals surface area contributed by atoms with Crippen LogP contribution in [0.4, 0.5) is 0 Å². The van der Waals surface area contributed by atoms with Gasteiger partial charge < -0.3 is 14.8 Å². The zero-order valence-corrected chi connectivity index (χ0v) is 11.7. The maximum Gasteiger partial charge on any atom is 0.299 e. The first-order chi connectivity index (χ1) is 9.60. The fourth-order valence-electron chi connectivity index (χ4n) is 2.15. The summed E-state index contributed by atoms with van der Waals surface area (Å²) in [5.74, 6) is -0.219. The number of carbonyl (C=O) groups is 1. The summed E-state index contributed by atoms with van der Waals surface area (Å²) in [7, 11) is 1.42. The first-order valence-corrected chi connectivity index (χ1v) is 6.59. The molecule has 1 fully saturated rings. The number of hydrogen-bond donors (Lipinski definition) is 1. The molecule has 0 aliphatic carbocycles. The molecular weight excluding hydrogens is 262 g/mol. The molecule has 20 heavy (non-hydrogen) atoms. The van der Waals surface area contributed by atoms with Crippen molar-refractivity contribution in [2.24, 2.45) is 0 Å². The molecule has 0 unspecified atom stereocenters. The van der Waals surface area contributed by atoms with Gasteiger partial charge in [-0.3, -0.25) is 14.2 Å². The Bertz CT molecular complexity index is 535. The number of aromatic nitrogens is 2. The molecule has 2 rings (SSSR count). The lowest BCUT2D eigenvalue weighted by Crippen LogP contribution is -2.42. The average Bonchev–Trinajstić information content (AvgIpc) is 2.42. The van der Waals surface area contributed by atoms with E-state index in [2.05, 4.69) is 10.3 Å². The highest BCUT2D eigenvalue weighted by atomic mass is 16.5. The van der Waals surface area contributed by atoms with Crippen molar-refractivity contribution in [3.05, 3.63) is 22.1 Å². The molecule has 1 aliphatic rings. The molecule has 1 amide bonds. The van der Waals surface area contributed by atoms with Crippen LogP contribution < -0.4 is 15.6 Å². The predicted octanol–water partition coefficient (Wildman–Crippen LogP) is -0.144.